The van der Waals surface area contributed by atoms with Crippen LogP contribution in [0.1, 0.15) is 41.5 Å². The van der Waals surface area contributed by atoms with Crippen molar-refractivity contribution in [3.05, 3.63) is 34.1 Å². The zero-order valence-corrected chi connectivity index (χ0v) is 15.3. The Morgan fingerprint density at radius 1 is 1.42 bits per heavy atom. The fourth-order valence-corrected chi connectivity index (χ4v) is 4.83. The van der Waals surface area contributed by atoms with Gasteiger partial charge in [-0.05, 0) is 51.2 Å². The normalized spacial score (nSPS) is 14.5. The number of nitrogens with zero attached hydrogens (tertiary/aromatic N) is 3. The first-order chi connectivity index (χ1) is 11.6. The average Bonchev–Trinajstić information content (AvgIpc) is 2.91. The monoisotopic (exact) mass is 358 g/mol. The van der Waals surface area contributed by atoms with Gasteiger partial charge in [-0.25, -0.2) is 9.97 Å². The Kier molecular flexibility index (Phi) is 5.17. The molecule has 0 bridgehead atoms. The highest BCUT2D eigenvalue weighted by molar-refractivity contribution is 8.00. The molecule has 0 aromatic carbocycles. The maximum Gasteiger partial charge on any atom is 0.238 e. The molecule has 0 unspecified atom stereocenters. The number of carbonyl (C=O) groups excluding carboxylic acids is 1. The van der Waals surface area contributed by atoms with Gasteiger partial charge in [-0.1, -0.05) is 11.8 Å². The topological polar surface area (TPSA) is 78.7 Å². The largest absolute Gasteiger partial charge is 0.316 e. The smallest absolute Gasteiger partial charge is 0.238 e. The van der Waals surface area contributed by atoms with E-state index >= 15 is 0 Å². The van der Waals surface area contributed by atoms with Gasteiger partial charge in [0.15, 0.2) is 0 Å². The summed E-state index contributed by atoms with van der Waals surface area (Å²) >= 11 is 2.94. The molecule has 1 aliphatic rings. The SMILES string of the molecule is Cc1cc(S[C@H](C)C(=O)Nc2sc3c(c2C#N)CCCC3)ncn1. The first-order valence-corrected chi connectivity index (χ1v) is 9.59. The Bertz CT molecular complexity index is 809. The maximum atomic E-state index is 12.5. The Balaban J connectivity index is 1.73. The van der Waals surface area contributed by atoms with Gasteiger partial charge in [-0.2, -0.15) is 5.26 Å². The van der Waals surface area contributed by atoms with Gasteiger partial charge in [0.1, 0.15) is 22.4 Å². The first-order valence-electron chi connectivity index (χ1n) is 7.89. The van der Waals surface area contributed by atoms with Crippen molar-refractivity contribution in [3.8, 4) is 6.07 Å². The van der Waals surface area contributed by atoms with Crippen molar-refractivity contribution in [2.75, 3.05) is 5.32 Å². The van der Waals surface area contributed by atoms with E-state index in [2.05, 4.69) is 21.4 Å². The number of thioether (sulfide) groups is 1. The number of rotatable bonds is 4. The second kappa shape index (κ2) is 7.32. The summed E-state index contributed by atoms with van der Waals surface area (Å²) in [4.78, 5) is 22.0. The number of aromatic nitrogens is 2. The molecule has 24 heavy (non-hydrogen) atoms. The van der Waals surface area contributed by atoms with Crippen molar-refractivity contribution < 1.29 is 4.79 Å². The molecule has 1 atom stereocenters. The van der Waals surface area contributed by atoms with Crippen molar-refractivity contribution in [1.82, 2.24) is 9.97 Å². The molecule has 0 saturated carbocycles. The van der Waals surface area contributed by atoms with Gasteiger partial charge in [-0.15, -0.1) is 11.3 Å². The number of fused-ring (bicyclic) bond motifs is 1. The number of nitrogens with one attached hydrogen (secondary N) is 1. The highest BCUT2D eigenvalue weighted by Crippen LogP contribution is 2.38. The van der Waals surface area contributed by atoms with Crippen LogP contribution in [0, 0.1) is 18.3 Å². The number of thiophene rings is 1. The van der Waals surface area contributed by atoms with E-state index in [0.29, 0.717) is 10.6 Å². The molecule has 0 spiro atoms. The van der Waals surface area contributed by atoms with E-state index in [0.717, 1.165) is 42.0 Å². The quantitative estimate of drug-likeness (QED) is 0.666. The number of hydrogen-bond acceptors (Lipinski definition) is 6. The number of amides is 1. The zero-order chi connectivity index (χ0) is 17.1. The lowest BCUT2D eigenvalue weighted by molar-refractivity contribution is -0.115. The molecule has 1 N–H and O–H groups in total. The molecule has 5 nitrogen and oxygen atoms in total. The van der Waals surface area contributed by atoms with Gasteiger partial charge in [0.2, 0.25) is 5.91 Å². The molecule has 0 fully saturated rings. The lowest BCUT2D eigenvalue weighted by atomic mass is 9.96. The molecule has 3 rings (SSSR count). The predicted octanol–water partition coefficient (Wildman–Crippen LogP) is 3.72. The minimum Gasteiger partial charge on any atom is -0.316 e. The number of nitriles is 1. The van der Waals surface area contributed by atoms with Crippen molar-refractivity contribution in [2.45, 2.75) is 49.8 Å². The fraction of sp³-hybridized carbons (Fsp3) is 0.412. The van der Waals surface area contributed by atoms with E-state index in [-0.39, 0.29) is 11.2 Å². The van der Waals surface area contributed by atoms with Gasteiger partial charge >= 0.3 is 0 Å². The van der Waals surface area contributed by atoms with Gasteiger partial charge in [-0.3, -0.25) is 4.79 Å². The number of hydrogen-bond donors (Lipinski definition) is 1. The molecule has 0 radical (unpaired) electrons. The molecule has 7 heteroatoms. The average molecular weight is 358 g/mol. The summed E-state index contributed by atoms with van der Waals surface area (Å²) in [5.74, 6) is -0.105. The van der Waals surface area contributed by atoms with E-state index in [9.17, 15) is 10.1 Å². The number of carbonyl (C=O) groups is 1. The Morgan fingerprint density at radius 2 is 2.21 bits per heavy atom. The molecule has 1 aliphatic carbocycles. The summed E-state index contributed by atoms with van der Waals surface area (Å²) in [7, 11) is 0. The van der Waals surface area contributed by atoms with Crippen LogP contribution in [-0.2, 0) is 17.6 Å². The van der Waals surface area contributed by atoms with Gasteiger partial charge in [0, 0.05) is 10.6 Å². The minimum atomic E-state index is -0.301. The Morgan fingerprint density at radius 3 is 2.96 bits per heavy atom. The third-order valence-corrected chi connectivity index (χ3v) is 6.20. The van der Waals surface area contributed by atoms with Gasteiger partial charge < -0.3 is 5.32 Å². The highest BCUT2D eigenvalue weighted by atomic mass is 32.2. The van der Waals surface area contributed by atoms with Gasteiger partial charge in [0.05, 0.1) is 10.8 Å². The molecule has 2 heterocycles. The van der Waals surface area contributed by atoms with E-state index in [1.807, 2.05) is 19.9 Å². The third kappa shape index (κ3) is 3.60. The fourth-order valence-electron chi connectivity index (χ4n) is 2.71. The Hall–Kier alpha value is -1.91. The van der Waals surface area contributed by atoms with Crippen LogP contribution in [0.5, 0.6) is 0 Å². The lowest BCUT2D eigenvalue weighted by Gasteiger charge is -2.11. The molecule has 0 saturated heterocycles. The van der Waals surface area contributed by atoms with Crippen molar-refractivity contribution in [3.63, 3.8) is 0 Å². The standard InChI is InChI=1S/C17H18N4OS2/c1-10-7-15(20-9-19-10)23-11(2)16(22)21-17-13(8-18)12-5-3-4-6-14(12)24-17/h7,9,11H,3-6H2,1-2H3,(H,21,22)/t11-/m1/s1. The van der Waals surface area contributed by atoms with Crippen molar-refractivity contribution in [1.29, 1.82) is 5.26 Å². The molecule has 124 valence electrons. The van der Waals surface area contributed by atoms with Crippen molar-refractivity contribution >= 4 is 34.0 Å². The van der Waals surface area contributed by atoms with Crippen LogP contribution in [0.2, 0.25) is 0 Å². The van der Waals surface area contributed by atoms with Gasteiger partial charge in [0.25, 0.3) is 0 Å². The second-order valence-corrected chi connectivity index (χ2v) is 8.24. The van der Waals surface area contributed by atoms with Crippen LogP contribution >= 0.6 is 23.1 Å². The van der Waals surface area contributed by atoms with Crippen LogP contribution < -0.4 is 5.32 Å². The van der Waals surface area contributed by atoms with Crippen molar-refractivity contribution in [2.24, 2.45) is 0 Å². The maximum absolute atomic E-state index is 12.5. The second-order valence-electron chi connectivity index (χ2n) is 5.77. The summed E-state index contributed by atoms with van der Waals surface area (Å²) < 4.78 is 0. The molecule has 1 amide bonds. The number of aryl methyl sites for hydroxylation is 2. The molecule has 2 aromatic heterocycles. The van der Waals surface area contributed by atoms with E-state index in [4.69, 9.17) is 0 Å². The number of anilines is 1. The molecule has 2 aromatic rings. The van der Waals surface area contributed by atoms with Crippen LogP contribution in [0.25, 0.3) is 0 Å². The predicted molar refractivity (Wildman–Crippen MR) is 96.4 cm³/mol. The minimum absolute atomic E-state index is 0.105. The lowest BCUT2D eigenvalue weighted by Crippen LogP contribution is -2.22. The highest BCUT2D eigenvalue weighted by Gasteiger charge is 2.23. The van der Waals surface area contributed by atoms with E-state index < -0.39 is 0 Å². The first kappa shape index (κ1) is 16.9. The summed E-state index contributed by atoms with van der Waals surface area (Å²) in [6, 6.07) is 4.13. The molecule has 0 aliphatic heterocycles. The molecular weight excluding hydrogens is 340 g/mol. The summed E-state index contributed by atoms with van der Waals surface area (Å²) in [6.45, 7) is 3.74. The zero-order valence-electron chi connectivity index (χ0n) is 13.6. The van der Waals surface area contributed by atoms with Crippen LogP contribution in [-0.4, -0.2) is 21.1 Å². The van der Waals surface area contributed by atoms with E-state index in [1.165, 1.54) is 23.0 Å². The van der Waals surface area contributed by atoms with Crippen LogP contribution in [0.15, 0.2) is 17.4 Å². The third-order valence-electron chi connectivity index (χ3n) is 3.97. The Labute approximate surface area is 149 Å². The summed E-state index contributed by atoms with van der Waals surface area (Å²) in [5, 5.41) is 13.6. The van der Waals surface area contributed by atoms with Crippen LogP contribution in [0.4, 0.5) is 5.00 Å². The summed E-state index contributed by atoms with van der Waals surface area (Å²) in [6.07, 6.45) is 5.73. The van der Waals surface area contributed by atoms with Crippen LogP contribution in [0.3, 0.4) is 0 Å². The molecular formula is C17H18N4OS2. The van der Waals surface area contributed by atoms with E-state index in [1.54, 1.807) is 11.3 Å². The summed E-state index contributed by atoms with van der Waals surface area (Å²) in [5.41, 5.74) is 2.66.